The number of ether oxygens (including phenoxy) is 1. The van der Waals surface area contributed by atoms with Crippen LogP contribution in [0.3, 0.4) is 0 Å². The van der Waals surface area contributed by atoms with E-state index in [0.717, 1.165) is 16.7 Å². The predicted molar refractivity (Wildman–Crippen MR) is 132 cm³/mol. The van der Waals surface area contributed by atoms with Crippen molar-refractivity contribution in [3.05, 3.63) is 94.2 Å². The Balaban J connectivity index is 1.54. The van der Waals surface area contributed by atoms with Gasteiger partial charge < -0.3 is 19.3 Å². The highest BCUT2D eigenvalue weighted by molar-refractivity contribution is 5.70. The van der Waals surface area contributed by atoms with Gasteiger partial charge in [-0.3, -0.25) is 4.79 Å². The molecule has 0 bridgehead atoms. The van der Waals surface area contributed by atoms with Crippen LogP contribution in [0.15, 0.2) is 71.7 Å². The van der Waals surface area contributed by atoms with Gasteiger partial charge in [0, 0.05) is 38.7 Å². The van der Waals surface area contributed by atoms with Crippen LogP contribution >= 0.6 is 0 Å². The van der Waals surface area contributed by atoms with Crippen LogP contribution in [0.5, 0.6) is 0 Å². The van der Waals surface area contributed by atoms with Crippen molar-refractivity contribution in [2.75, 3.05) is 6.54 Å². The molecule has 1 aliphatic rings. The summed E-state index contributed by atoms with van der Waals surface area (Å²) in [6, 6.07) is 16.9. The minimum absolute atomic E-state index is 0.0658. The van der Waals surface area contributed by atoms with Gasteiger partial charge in [-0.2, -0.15) is 0 Å². The Kier molecular flexibility index (Phi) is 6.56. The number of hydrogen-bond acceptors (Lipinski definition) is 4. The molecule has 1 unspecified atom stereocenters. The van der Waals surface area contributed by atoms with Gasteiger partial charge in [-0.15, -0.1) is 0 Å². The molecule has 1 saturated heterocycles. The lowest BCUT2D eigenvalue weighted by Gasteiger charge is -2.45. The number of benzene rings is 2. The first-order valence-electron chi connectivity index (χ1n) is 11.7. The lowest BCUT2D eigenvalue weighted by Crippen LogP contribution is -2.51. The molecule has 184 valence electrons. The zero-order valence-corrected chi connectivity index (χ0v) is 20.5. The number of rotatable bonds is 6. The van der Waals surface area contributed by atoms with Crippen LogP contribution in [-0.4, -0.2) is 32.8 Å². The molecule has 2 heterocycles. The number of halogens is 1. The van der Waals surface area contributed by atoms with E-state index in [9.17, 15) is 19.1 Å². The fourth-order valence-electron chi connectivity index (χ4n) is 4.80. The van der Waals surface area contributed by atoms with Crippen molar-refractivity contribution in [3.8, 4) is 11.1 Å². The molecule has 1 aromatic heterocycles. The molecule has 3 aromatic rings. The average molecular weight is 479 g/mol. The number of amides is 1. The largest absolute Gasteiger partial charge is 0.438 e. The zero-order chi connectivity index (χ0) is 25.4. The quantitative estimate of drug-likeness (QED) is 0.532. The van der Waals surface area contributed by atoms with Crippen molar-refractivity contribution in [2.45, 2.75) is 50.9 Å². The first-order valence-corrected chi connectivity index (χ1v) is 11.7. The van der Waals surface area contributed by atoms with E-state index < -0.39 is 17.3 Å². The van der Waals surface area contributed by atoms with Gasteiger partial charge in [-0.05, 0) is 61.2 Å². The van der Waals surface area contributed by atoms with Gasteiger partial charge in [-0.25, -0.2) is 9.18 Å². The summed E-state index contributed by atoms with van der Waals surface area (Å²) in [5.74, 6) is -0.370. The third-order valence-electron chi connectivity index (χ3n) is 6.64. The Labute approximate surface area is 204 Å². The van der Waals surface area contributed by atoms with Crippen molar-refractivity contribution in [1.82, 2.24) is 9.47 Å². The Bertz CT molecular complexity index is 1260. The second-order valence-electron chi connectivity index (χ2n) is 9.97. The summed E-state index contributed by atoms with van der Waals surface area (Å²) in [7, 11) is 1.72. The SMILES string of the molecule is C[C@@H](c1ccc(-c2ccc(=O)n(C)c2)cc1)N1CCC(CC(C)(C)O)(c2ccc(F)cc2)OC1=O. The smallest absolute Gasteiger partial charge is 0.411 e. The third-order valence-corrected chi connectivity index (χ3v) is 6.64. The fourth-order valence-corrected chi connectivity index (χ4v) is 4.80. The van der Waals surface area contributed by atoms with Crippen LogP contribution in [0, 0.1) is 5.82 Å². The number of cyclic esters (lactones) is 1. The lowest BCUT2D eigenvalue weighted by atomic mass is 9.80. The van der Waals surface area contributed by atoms with Crippen LogP contribution in [-0.2, 0) is 17.4 Å². The van der Waals surface area contributed by atoms with Gasteiger partial charge in [0.25, 0.3) is 0 Å². The number of carbonyl (C=O) groups is 1. The summed E-state index contributed by atoms with van der Waals surface area (Å²) in [5.41, 5.74) is 1.34. The molecular formula is C28H31FN2O4. The Morgan fingerprint density at radius 1 is 1.03 bits per heavy atom. The van der Waals surface area contributed by atoms with Gasteiger partial charge in [-0.1, -0.05) is 36.4 Å². The maximum atomic E-state index is 13.5. The number of carbonyl (C=O) groups excluding carboxylic acids is 1. The Morgan fingerprint density at radius 3 is 2.23 bits per heavy atom. The van der Waals surface area contributed by atoms with Gasteiger partial charge >= 0.3 is 6.09 Å². The van der Waals surface area contributed by atoms with Gasteiger partial charge in [0.15, 0.2) is 0 Å². The van der Waals surface area contributed by atoms with Crippen molar-refractivity contribution in [2.24, 2.45) is 7.05 Å². The summed E-state index contributed by atoms with van der Waals surface area (Å²) in [5, 5.41) is 10.5. The number of hydrogen-bond donors (Lipinski definition) is 1. The molecule has 4 rings (SSSR count). The normalized spacial score (nSPS) is 19.4. The molecule has 6 nitrogen and oxygen atoms in total. The molecule has 1 N–H and O–H groups in total. The van der Waals surface area contributed by atoms with Crippen molar-refractivity contribution >= 4 is 6.09 Å². The van der Waals surface area contributed by atoms with Gasteiger partial charge in [0.2, 0.25) is 5.56 Å². The molecule has 35 heavy (non-hydrogen) atoms. The summed E-state index contributed by atoms with van der Waals surface area (Å²) >= 11 is 0. The minimum atomic E-state index is -1.08. The highest BCUT2D eigenvalue weighted by atomic mass is 19.1. The summed E-state index contributed by atoms with van der Waals surface area (Å²) in [6.07, 6.45) is 1.99. The summed E-state index contributed by atoms with van der Waals surface area (Å²) < 4.78 is 21.1. The molecule has 0 aliphatic carbocycles. The van der Waals surface area contributed by atoms with Gasteiger partial charge in [0.05, 0.1) is 11.6 Å². The summed E-state index contributed by atoms with van der Waals surface area (Å²) in [6.45, 7) is 5.72. The van der Waals surface area contributed by atoms with E-state index in [1.54, 1.807) is 50.2 Å². The predicted octanol–water partition coefficient (Wildman–Crippen LogP) is 5.15. The lowest BCUT2D eigenvalue weighted by molar-refractivity contribution is -0.101. The number of pyridine rings is 1. The molecule has 0 spiro atoms. The standard InChI is InChI=1S/C28H31FN2O4/c1-19(20-5-7-21(8-6-20)22-9-14-25(32)30(4)17-22)31-16-15-28(35-26(31)33,18-27(2,3)34)23-10-12-24(29)13-11-23/h5-14,17,19,34H,15-16,18H2,1-4H3/t19-,28?/m0/s1. The topological polar surface area (TPSA) is 71.8 Å². The first-order chi connectivity index (χ1) is 16.5. The van der Waals surface area contributed by atoms with E-state index in [4.69, 9.17) is 4.74 Å². The van der Waals surface area contributed by atoms with E-state index in [0.29, 0.717) is 18.5 Å². The Hall–Kier alpha value is -3.45. The second kappa shape index (κ2) is 9.30. The Morgan fingerprint density at radius 2 is 1.66 bits per heavy atom. The van der Waals surface area contributed by atoms with E-state index >= 15 is 0 Å². The number of aromatic nitrogens is 1. The molecule has 2 aromatic carbocycles. The minimum Gasteiger partial charge on any atom is -0.438 e. The van der Waals surface area contributed by atoms with Crippen LogP contribution < -0.4 is 5.56 Å². The highest BCUT2D eigenvalue weighted by Crippen LogP contribution is 2.42. The van der Waals surface area contributed by atoms with Crippen LogP contribution in [0.4, 0.5) is 9.18 Å². The first kappa shape index (κ1) is 24.7. The summed E-state index contributed by atoms with van der Waals surface area (Å²) in [4.78, 5) is 26.6. The third kappa shape index (κ3) is 5.30. The van der Waals surface area contributed by atoms with Crippen LogP contribution in [0.25, 0.3) is 11.1 Å². The number of aryl methyl sites for hydroxylation is 1. The highest BCUT2D eigenvalue weighted by Gasteiger charge is 2.46. The molecule has 1 amide bonds. The number of aliphatic hydroxyl groups is 1. The molecule has 0 saturated carbocycles. The molecule has 1 fully saturated rings. The average Bonchev–Trinajstić information content (AvgIpc) is 2.80. The maximum Gasteiger partial charge on any atom is 0.411 e. The van der Waals surface area contributed by atoms with Crippen molar-refractivity contribution in [3.63, 3.8) is 0 Å². The second-order valence-corrected chi connectivity index (χ2v) is 9.97. The van der Waals surface area contributed by atoms with Crippen molar-refractivity contribution in [1.29, 1.82) is 0 Å². The molecule has 2 atom stereocenters. The van der Waals surface area contributed by atoms with Gasteiger partial charge in [0.1, 0.15) is 11.4 Å². The number of nitrogens with zero attached hydrogens (tertiary/aromatic N) is 2. The monoisotopic (exact) mass is 478 g/mol. The fraction of sp³-hybridized carbons (Fsp3) is 0.357. The van der Waals surface area contributed by atoms with E-state index in [1.165, 1.54) is 22.8 Å². The molecule has 0 radical (unpaired) electrons. The van der Waals surface area contributed by atoms with Crippen molar-refractivity contribution < 1.29 is 19.0 Å². The van der Waals surface area contributed by atoms with Crippen LogP contribution in [0.2, 0.25) is 0 Å². The van der Waals surface area contributed by atoms with Crippen LogP contribution in [0.1, 0.15) is 50.8 Å². The molecule has 7 heteroatoms. The molecular weight excluding hydrogens is 447 g/mol. The maximum absolute atomic E-state index is 13.5. The van der Waals surface area contributed by atoms with E-state index in [2.05, 4.69) is 0 Å². The van der Waals surface area contributed by atoms with E-state index in [-0.39, 0.29) is 23.8 Å². The zero-order valence-electron chi connectivity index (χ0n) is 20.5. The van der Waals surface area contributed by atoms with E-state index in [1.807, 2.05) is 31.2 Å². The molecule has 1 aliphatic heterocycles.